The van der Waals surface area contributed by atoms with Gasteiger partial charge in [0.15, 0.2) is 0 Å². The number of nitrogens with one attached hydrogen (secondary N) is 2. The first-order valence-corrected chi connectivity index (χ1v) is 10.3. The summed E-state index contributed by atoms with van der Waals surface area (Å²) in [5.41, 5.74) is 2.46. The molecule has 2 atom stereocenters. The molecule has 25 heavy (non-hydrogen) atoms. The number of amides is 1. The summed E-state index contributed by atoms with van der Waals surface area (Å²) in [6.45, 7) is 7.45. The average Bonchev–Trinajstić information content (AvgIpc) is 2.61. The lowest BCUT2D eigenvalue weighted by atomic mass is 10.1. The quantitative estimate of drug-likeness (QED) is 0.804. The van der Waals surface area contributed by atoms with Crippen LogP contribution in [0.2, 0.25) is 0 Å². The Kier molecular flexibility index (Phi) is 7.16. The molecule has 2 aliphatic rings. The Hall–Kier alpha value is -1.08. The van der Waals surface area contributed by atoms with Gasteiger partial charge in [-0.1, -0.05) is 24.3 Å². The number of carbonyl (C=O) groups excluding carboxylic acids is 1. The van der Waals surface area contributed by atoms with Crippen LogP contribution in [0.1, 0.15) is 24.5 Å². The number of rotatable bonds is 6. The van der Waals surface area contributed by atoms with Crippen molar-refractivity contribution in [1.82, 2.24) is 15.5 Å². The smallest absolute Gasteiger partial charge is 0.221 e. The van der Waals surface area contributed by atoms with E-state index in [1.807, 2.05) is 11.8 Å². The molecule has 6 heteroatoms. The fourth-order valence-corrected chi connectivity index (χ4v) is 4.33. The molecule has 2 aliphatic heterocycles. The Bertz CT molecular complexity index is 563. The SMILES string of the molecule is CC1CN(Cc2cccc(CNC(=O)CC3CSCCN3)c2)CCO1. The minimum atomic E-state index is 0.132. The van der Waals surface area contributed by atoms with Gasteiger partial charge in [-0.2, -0.15) is 11.8 Å². The van der Waals surface area contributed by atoms with E-state index in [1.165, 1.54) is 5.56 Å². The van der Waals surface area contributed by atoms with Crippen molar-refractivity contribution in [3.63, 3.8) is 0 Å². The van der Waals surface area contributed by atoms with Gasteiger partial charge in [0.05, 0.1) is 12.7 Å². The van der Waals surface area contributed by atoms with Gasteiger partial charge in [-0.05, 0) is 18.1 Å². The lowest BCUT2D eigenvalue weighted by molar-refractivity contribution is -0.121. The Labute approximate surface area is 154 Å². The molecule has 0 aliphatic carbocycles. The second kappa shape index (κ2) is 9.57. The van der Waals surface area contributed by atoms with Gasteiger partial charge in [0, 0.05) is 56.7 Å². The van der Waals surface area contributed by atoms with Crippen molar-refractivity contribution in [2.75, 3.05) is 37.7 Å². The summed E-state index contributed by atoms with van der Waals surface area (Å²) in [6, 6.07) is 8.85. The molecular weight excluding hydrogens is 334 g/mol. The van der Waals surface area contributed by atoms with Crippen LogP contribution in [-0.4, -0.2) is 60.7 Å². The average molecular weight is 364 g/mol. The molecule has 1 aromatic rings. The fraction of sp³-hybridized carbons (Fsp3) is 0.632. The van der Waals surface area contributed by atoms with E-state index < -0.39 is 0 Å². The summed E-state index contributed by atoms with van der Waals surface area (Å²) in [6.07, 6.45) is 0.876. The van der Waals surface area contributed by atoms with Gasteiger partial charge in [-0.25, -0.2) is 0 Å². The third kappa shape index (κ3) is 6.29. The van der Waals surface area contributed by atoms with E-state index in [0.717, 1.165) is 49.9 Å². The third-order valence-corrected chi connectivity index (χ3v) is 5.77. The highest BCUT2D eigenvalue weighted by Crippen LogP contribution is 2.13. The van der Waals surface area contributed by atoms with Crippen molar-refractivity contribution in [3.8, 4) is 0 Å². The van der Waals surface area contributed by atoms with E-state index in [4.69, 9.17) is 4.74 Å². The number of morpholine rings is 1. The van der Waals surface area contributed by atoms with Crippen molar-refractivity contribution < 1.29 is 9.53 Å². The highest BCUT2D eigenvalue weighted by atomic mass is 32.2. The molecule has 2 heterocycles. The van der Waals surface area contributed by atoms with Crippen LogP contribution in [0.15, 0.2) is 24.3 Å². The lowest BCUT2D eigenvalue weighted by Crippen LogP contribution is -2.41. The number of hydrogen-bond acceptors (Lipinski definition) is 5. The van der Waals surface area contributed by atoms with E-state index in [2.05, 4.69) is 46.7 Å². The molecule has 1 aromatic carbocycles. The van der Waals surface area contributed by atoms with Crippen molar-refractivity contribution >= 4 is 17.7 Å². The molecular formula is C19H29N3O2S. The molecule has 2 N–H and O–H groups in total. The maximum atomic E-state index is 12.1. The predicted molar refractivity (Wildman–Crippen MR) is 103 cm³/mol. The van der Waals surface area contributed by atoms with Crippen LogP contribution in [0, 0.1) is 0 Å². The molecule has 2 saturated heterocycles. The normalized spacial score (nSPS) is 24.8. The standard InChI is InChI=1S/C19H29N3O2S/c1-15-12-22(6-7-24-15)13-17-4-2-3-16(9-17)11-21-19(23)10-18-14-25-8-5-20-18/h2-4,9,15,18,20H,5-8,10-14H2,1H3,(H,21,23). The van der Waals surface area contributed by atoms with Gasteiger partial charge < -0.3 is 15.4 Å². The van der Waals surface area contributed by atoms with Gasteiger partial charge in [0.2, 0.25) is 5.91 Å². The maximum absolute atomic E-state index is 12.1. The summed E-state index contributed by atoms with van der Waals surface area (Å²) in [7, 11) is 0. The highest BCUT2D eigenvalue weighted by molar-refractivity contribution is 7.99. The van der Waals surface area contributed by atoms with E-state index in [1.54, 1.807) is 0 Å². The van der Waals surface area contributed by atoms with Gasteiger partial charge in [-0.15, -0.1) is 0 Å². The number of ether oxygens (including phenoxy) is 1. The van der Waals surface area contributed by atoms with Crippen molar-refractivity contribution in [1.29, 1.82) is 0 Å². The Morgan fingerprint density at radius 2 is 2.32 bits per heavy atom. The largest absolute Gasteiger partial charge is 0.376 e. The first kappa shape index (κ1) is 18.7. The second-order valence-electron chi connectivity index (χ2n) is 6.94. The minimum absolute atomic E-state index is 0.132. The minimum Gasteiger partial charge on any atom is -0.376 e. The number of nitrogens with zero attached hydrogens (tertiary/aromatic N) is 1. The molecule has 1 amide bonds. The van der Waals surface area contributed by atoms with E-state index >= 15 is 0 Å². The molecule has 5 nitrogen and oxygen atoms in total. The zero-order chi connectivity index (χ0) is 17.5. The molecule has 0 spiro atoms. The van der Waals surface area contributed by atoms with Crippen LogP contribution < -0.4 is 10.6 Å². The molecule has 138 valence electrons. The Balaban J connectivity index is 1.45. The zero-order valence-electron chi connectivity index (χ0n) is 15.0. The summed E-state index contributed by atoms with van der Waals surface area (Å²) in [5.74, 6) is 2.31. The number of thioether (sulfide) groups is 1. The summed E-state index contributed by atoms with van der Waals surface area (Å²) < 4.78 is 5.60. The predicted octanol–water partition coefficient (Wildman–Crippen LogP) is 1.62. The van der Waals surface area contributed by atoms with E-state index in [0.29, 0.717) is 25.1 Å². The summed E-state index contributed by atoms with van der Waals surface area (Å²) in [5, 5.41) is 6.47. The van der Waals surface area contributed by atoms with Crippen LogP contribution in [0.5, 0.6) is 0 Å². The number of carbonyl (C=O) groups is 1. The Morgan fingerprint density at radius 1 is 1.44 bits per heavy atom. The highest BCUT2D eigenvalue weighted by Gasteiger charge is 2.17. The van der Waals surface area contributed by atoms with Crippen LogP contribution in [0.3, 0.4) is 0 Å². The van der Waals surface area contributed by atoms with E-state index in [9.17, 15) is 4.79 Å². The fourth-order valence-electron chi connectivity index (χ4n) is 3.38. The topological polar surface area (TPSA) is 53.6 Å². The third-order valence-electron chi connectivity index (χ3n) is 4.64. The van der Waals surface area contributed by atoms with Crippen molar-refractivity contribution in [3.05, 3.63) is 35.4 Å². The second-order valence-corrected chi connectivity index (χ2v) is 8.09. The molecule has 2 unspecified atom stereocenters. The lowest BCUT2D eigenvalue weighted by Gasteiger charge is -2.31. The van der Waals surface area contributed by atoms with Gasteiger partial charge >= 0.3 is 0 Å². The maximum Gasteiger partial charge on any atom is 0.221 e. The van der Waals surface area contributed by atoms with Crippen LogP contribution >= 0.6 is 11.8 Å². The molecule has 0 bridgehead atoms. The van der Waals surface area contributed by atoms with Crippen molar-refractivity contribution in [2.24, 2.45) is 0 Å². The number of hydrogen-bond donors (Lipinski definition) is 2. The van der Waals surface area contributed by atoms with Crippen molar-refractivity contribution in [2.45, 2.75) is 38.6 Å². The van der Waals surface area contributed by atoms with Crippen LogP contribution in [0.25, 0.3) is 0 Å². The molecule has 2 fully saturated rings. The van der Waals surface area contributed by atoms with Crippen LogP contribution in [-0.2, 0) is 22.6 Å². The Morgan fingerprint density at radius 3 is 3.12 bits per heavy atom. The van der Waals surface area contributed by atoms with Gasteiger partial charge in [0.1, 0.15) is 0 Å². The first-order chi connectivity index (χ1) is 12.2. The summed E-state index contributed by atoms with van der Waals surface area (Å²) >= 11 is 1.92. The monoisotopic (exact) mass is 363 g/mol. The molecule has 0 aromatic heterocycles. The van der Waals surface area contributed by atoms with Gasteiger partial charge in [-0.3, -0.25) is 9.69 Å². The zero-order valence-corrected chi connectivity index (χ0v) is 15.8. The molecule has 0 saturated carbocycles. The first-order valence-electron chi connectivity index (χ1n) is 9.18. The molecule has 3 rings (SSSR count). The van der Waals surface area contributed by atoms with Gasteiger partial charge in [0.25, 0.3) is 0 Å². The molecule has 0 radical (unpaired) electrons. The van der Waals surface area contributed by atoms with Crippen LogP contribution in [0.4, 0.5) is 0 Å². The number of benzene rings is 1. The summed E-state index contributed by atoms with van der Waals surface area (Å²) in [4.78, 5) is 14.6. The van der Waals surface area contributed by atoms with E-state index in [-0.39, 0.29) is 5.91 Å².